The number of halogens is 2. The highest BCUT2D eigenvalue weighted by molar-refractivity contribution is 14.1. The first-order valence-corrected chi connectivity index (χ1v) is 8.30. The second-order valence-corrected chi connectivity index (χ2v) is 7.28. The molecule has 1 unspecified atom stereocenters. The van der Waals surface area contributed by atoms with E-state index in [0.29, 0.717) is 10.8 Å². The van der Waals surface area contributed by atoms with Crippen molar-refractivity contribution in [3.05, 3.63) is 48.7 Å². The van der Waals surface area contributed by atoms with E-state index in [2.05, 4.69) is 52.3 Å². The summed E-state index contributed by atoms with van der Waals surface area (Å²) >= 11 is 10.3. The van der Waals surface area contributed by atoms with Gasteiger partial charge in [-0.25, -0.2) is 0 Å². The van der Waals surface area contributed by atoms with Crippen molar-refractivity contribution in [2.75, 3.05) is 13.7 Å². The van der Waals surface area contributed by atoms with Crippen LogP contribution in [0.4, 0.5) is 0 Å². The van der Waals surface area contributed by atoms with Gasteiger partial charge in [0, 0.05) is 0 Å². The maximum absolute atomic E-state index is 6.21. The van der Waals surface area contributed by atoms with Crippen LogP contribution < -0.4 is 10.1 Å². The third-order valence-electron chi connectivity index (χ3n) is 2.84. The molecule has 5 heteroatoms. The average molecular weight is 408 g/mol. The molecule has 0 aliphatic carbocycles. The minimum atomic E-state index is 0.174. The number of hydrogen-bond donors (Lipinski definition) is 1. The minimum absolute atomic E-state index is 0.174. The monoisotopic (exact) mass is 407 g/mol. The van der Waals surface area contributed by atoms with Gasteiger partial charge in [0.1, 0.15) is 5.75 Å². The van der Waals surface area contributed by atoms with Crippen molar-refractivity contribution in [1.82, 2.24) is 5.32 Å². The molecule has 2 aromatic rings. The van der Waals surface area contributed by atoms with Gasteiger partial charge in [-0.3, -0.25) is 0 Å². The lowest BCUT2D eigenvalue weighted by atomic mass is 10.0. The lowest BCUT2D eigenvalue weighted by Gasteiger charge is -2.18. The van der Waals surface area contributed by atoms with Crippen LogP contribution in [-0.2, 0) is 0 Å². The zero-order chi connectivity index (χ0) is 13.8. The van der Waals surface area contributed by atoms with Crippen LogP contribution in [-0.4, -0.2) is 13.7 Å². The maximum Gasteiger partial charge on any atom is 0.137 e. The molecule has 1 N–H and O–H groups in total. The summed E-state index contributed by atoms with van der Waals surface area (Å²) in [6.07, 6.45) is 0. The zero-order valence-corrected chi connectivity index (χ0v) is 14.5. The Morgan fingerprint density at radius 3 is 2.68 bits per heavy atom. The van der Waals surface area contributed by atoms with E-state index in [4.69, 9.17) is 16.3 Å². The van der Waals surface area contributed by atoms with E-state index in [0.717, 1.165) is 12.1 Å². The van der Waals surface area contributed by atoms with E-state index in [1.165, 1.54) is 8.45 Å². The fourth-order valence-corrected chi connectivity index (χ4v) is 3.63. The Labute approximate surface area is 136 Å². The van der Waals surface area contributed by atoms with E-state index in [1.54, 1.807) is 18.4 Å². The molecule has 0 fully saturated rings. The highest BCUT2D eigenvalue weighted by Gasteiger charge is 2.16. The molecule has 0 saturated heterocycles. The van der Waals surface area contributed by atoms with Crippen LogP contribution in [0.5, 0.6) is 5.75 Å². The number of hydrogen-bond acceptors (Lipinski definition) is 3. The fourth-order valence-electron chi connectivity index (χ4n) is 1.97. The SMILES string of the molecule is CCNC(c1csc(I)c1)c1ccc(OC)c(Cl)c1. The number of rotatable bonds is 5. The molecule has 0 aliphatic heterocycles. The van der Waals surface area contributed by atoms with Gasteiger partial charge in [-0.1, -0.05) is 24.6 Å². The van der Waals surface area contributed by atoms with Crippen molar-refractivity contribution in [1.29, 1.82) is 0 Å². The smallest absolute Gasteiger partial charge is 0.137 e. The first-order valence-electron chi connectivity index (χ1n) is 5.96. The predicted molar refractivity (Wildman–Crippen MR) is 90.6 cm³/mol. The maximum atomic E-state index is 6.21. The summed E-state index contributed by atoms with van der Waals surface area (Å²) in [5, 5.41) is 6.33. The molecule has 0 radical (unpaired) electrons. The summed E-state index contributed by atoms with van der Waals surface area (Å²) in [6, 6.07) is 8.32. The van der Waals surface area contributed by atoms with Crippen LogP contribution in [0.2, 0.25) is 5.02 Å². The first kappa shape index (κ1) is 15.1. The summed E-state index contributed by atoms with van der Waals surface area (Å²) in [5.41, 5.74) is 2.43. The van der Waals surface area contributed by atoms with Crippen LogP contribution in [0.15, 0.2) is 29.6 Å². The van der Waals surface area contributed by atoms with Crippen molar-refractivity contribution in [3.8, 4) is 5.75 Å². The third-order valence-corrected chi connectivity index (χ3v) is 4.94. The van der Waals surface area contributed by atoms with E-state index in [9.17, 15) is 0 Å². The van der Waals surface area contributed by atoms with Crippen molar-refractivity contribution >= 4 is 45.5 Å². The van der Waals surface area contributed by atoms with Crippen LogP contribution in [0.25, 0.3) is 0 Å². The molecule has 102 valence electrons. The molecule has 19 heavy (non-hydrogen) atoms. The minimum Gasteiger partial charge on any atom is -0.495 e. The predicted octanol–water partition coefficient (Wildman–Crippen LogP) is 4.71. The van der Waals surface area contributed by atoms with Crippen molar-refractivity contribution < 1.29 is 4.74 Å². The first-order chi connectivity index (χ1) is 9.15. The second kappa shape index (κ2) is 6.92. The topological polar surface area (TPSA) is 21.3 Å². The number of benzene rings is 1. The summed E-state index contributed by atoms with van der Waals surface area (Å²) in [7, 11) is 1.63. The van der Waals surface area contributed by atoms with E-state index >= 15 is 0 Å². The quantitative estimate of drug-likeness (QED) is 0.725. The second-order valence-electron chi connectivity index (χ2n) is 4.07. The van der Waals surface area contributed by atoms with Crippen molar-refractivity contribution in [2.24, 2.45) is 0 Å². The Hall–Kier alpha value is -0.300. The fraction of sp³-hybridized carbons (Fsp3) is 0.286. The Kier molecular flexibility index (Phi) is 5.50. The molecule has 0 spiro atoms. The number of methoxy groups -OCH3 is 1. The van der Waals surface area contributed by atoms with E-state index < -0.39 is 0 Å². The summed E-state index contributed by atoms with van der Waals surface area (Å²) in [6.45, 7) is 3.01. The highest BCUT2D eigenvalue weighted by atomic mass is 127. The van der Waals surface area contributed by atoms with Crippen molar-refractivity contribution in [3.63, 3.8) is 0 Å². The number of nitrogens with one attached hydrogen (secondary N) is 1. The van der Waals surface area contributed by atoms with Gasteiger partial charge in [-0.15, -0.1) is 11.3 Å². The van der Waals surface area contributed by atoms with Gasteiger partial charge in [0.2, 0.25) is 0 Å². The normalized spacial score (nSPS) is 12.4. The molecule has 1 aromatic heterocycles. The molecule has 0 aliphatic rings. The van der Waals surface area contributed by atoms with Crippen LogP contribution in [0.1, 0.15) is 24.1 Å². The standard InChI is InChI=1S/C14H15ClINOS/c1-3-17-14(10-7-13(16)19-8-10)9-4-5-12(18-2)11(15)6-9/h4-8,14,17H,3H2,1-2H3. The molecular weight excluding hydrogens is 393 g/mol. The summed E-state index contributed by atoms with van der Waals surface area (Å²) < 4.78 is 6.49. The van der Waals surface area contributed by atoms with Gasteiger partial charge in [0.25, 0.3) is 0 Å². The van der Waals surface area contributed by atoms with Crippen LogP contribution in [0, 0.1) is 2.88 Å². The van der Waals surface area contributed by atoms with Gasteiger partial charge in [0.15, 0.2) is 0 Å². The van der Waals surface area contributed by atoms with Gasteiger partial charge in [-0.2, -0.15) is 0 Å². The van der Waals surface area contributed by atoms with Gasteiger partial charge < -0.3 is 10.1 Å². The third kappa shape index (κ3) is 3.62. The van der Waals surface area contributed by atoms with Crippen molar-refractivity contribution in [2.45, 2.75) is 13.0 Å². The molecular formula is C14H15ClINOS. The lowest BCUT2D eigenvalue weighted by Crippen LogP contribution is -2.21. The molecule has 1 heterocycles. The molecule has 0 amide bonds. The van der Waals surface area contributed by atoms with Gasteiger partial charge in [0.05, 0.1) is 21.1 Å². The lowest BCUT2D eigenvalue weighted by molar-refractivity contribution is 0.414. The molecule has 1 aromatic carbocycles. The Morgan fingerprint density at radius 1 is 1.37 bits per heavy atom. The Morgan fingerprint density at radius 2 is 2.16 bits per heavy atom. The number of thiophene rings is 1. The molecule has 2 nitrogen and oxygen atoms in total. The zero-order valence-electron chi connectivity index (χ0n) is 10.7. The number of ether oxygens (including phenoxy) is 1. The average Bonchev–Trinajstić information content (AvgIpc) is 2.82. The molecule has 0 bridgehead atoms. The summed E-state index contributed by atoms with van der Waals surface area (Å²) in [4.78, 5) is 0. The van der Waals surface area contributed by atoms with Crippen LogP contribution >= 0.6 is 45.5 Å². The molecule has 0 saturated carbocycles. The molecule has 2 rings (SSSR count). The molecule has 1 atom stereocenters. The largest absolute Gasteiger partial charge is 0.495 e. The van der Waals surface area contributed by atoms with Gasteiger partial charge in [-0.05, 0) is 63.8 Å². The van der Waals surface area contributed by atoms with E-state index in [1.807, 2.05) is 12.1 Å². The van der Waals surface area contributed by atoms with Gasteiger partial charge >= 0.3 is 0 Å². The highest BCUT2D eigenvalue weighted by Crippen LogP contribution is 2.32. The Bertz CT molecular complexity index is 558. The van der Waals surface area contributed by atoms with Crippen LogP contribution in [0.3, 0.4) is 0 Å². The summed E-state index contributed by atoms with van der Waals surface area (Å²) in [5.74, 6) is 0.709. The Balaban J connectivity index is 2.36. The van der Waals surface area contributed by atoms with E-state index in [-0.39, 0.29) is 6.04 Å².